The molecule has 1 nitrogen and oxygen atoms in total. The van der Waals surface area contributed by atoms with E-state index in [2.05, 4.69) is 38.1 Å². The van der Waals surface area contributed by atoms with Gasteiger partial charge in [0.05, 0.1) is 12.5 Å². The van der Waals surface area contributed by atoms with E-state index in [1.807, 2.05) is 12.2 Å². The highest BCUT2D eigenvalue weighted by Crippen LogP contribution is 2.11. The third-order valence-electron chi connectivity index (χ3n) is 2.05. The van der Waals surface area contributed by atoms with Crippen LogP contribution < -0.4 is 0 Å². The van der Waals surface area contributed by atoms with Crippen molar-refractivity contribution in [3.8, 4) is 6.07 Å². The van der Waals surface area contributed by atoms with Gasteiger partial charge in [0.1, 0.15) is 0 Å². The Labute approximate surface area is 79.3 Å². The molecule has 0 radical (unpaired) electrons. The van der Waals surface area contributed by atoms with E-state index in [1.165, 1.54) is 16.7 Å². The zero-order chi connectivity index (χ0) is 9.68. The van der Waals surface area contributed by atoms with Gasteiger partial charge in [-0.1, -0.05) is 30.4 Å². The van der Waals surface area contributed by atoms with Crippen molar-refractivity contribution < 1.29 is 0 Å². The molecule has 0 spiro atoms. The highest BCUT2D eigenvalue weighted by atomic mass is 14.2. The van der Waals surface area contributed by atoms with Crippen molar-refractivity contribution in [2.75, 3.05) is 0 Å². The van der Waals surface area contributed by atoms with Gasteiger partial charge >= 0.3 is 0 Å². The molecule has 1 aromatic rings. The summed E-state index contributed by atoms with van der Waals surface area (Å²) >= 11 is 0. The molecule has 13 heavy (non-hydrogen) atoms. The van der Waals surface area contributed by atoms with Crippen LogP contribution in [0.2, 0.25) is 0 Å². The molecule has 0 aromatic heterocycles. The Morgan fingerprint density at radius 3 is 2.69 bits per heavy atom. The second-order valence-electron chi connectivity index (χ2n) is 3.11. The van der Waals surface area contributed by atoms with Crippen molar-refractivity contribution in [3.05, 3.63) is 41.0 Å². The highest BCUT2D eigenvalue weighted by Gasteiger charge is 1.91. The Kier molecular flexibility index (Phi) is 3.28. The summed E-state index contributed by atoms with van der Waals surface area (Å²) in [6.45, 7) is 4.19. The first-order chi connectivity index (χ1) is 6.24. The van der Waals surface area contributed by atoms with Crippen molar-refractivity contribution >= 4 is 6.08 Å². The van der Waals surface area contributed by atoms with Gasteiger partial charge < -0.3 is 0 Å². The minimum absolute atomic E-state index is 0.479. The van der Waals surface area contributed by atoms with Gasteiger partial charge in [-0.15, -0.1) is 0 Å². The summed E-state index contributed by atoms with van der Waals surface area (Å²) in [4.78, 5) is 0. The summed E-state index contributed by atoms with van der Waals surface area (Å²) in [5.41, 5.74) is 3.76. The highest BCUT2D eigenvalue weighted by molar-refractivity contribution is 5.51. The first kappa shape index (κ1) is 9.54. The molecule has 0 saturated carbocycles. The van der Waals surface area contributed by atoms with Crippen LogP contribution in [0, 0.1) is 25.2 Å². The molecule has 0 saturated heterocycles. The average molecular weight is 171 g/mol. The van der Waals surface area contributed by atoms with Crippen LogP contribution >= 0.6 is 0 Å². The molecule has 0 fully saturated rings. The zero-order valence-corrected chi connectivity index (χ0v) is 8.04. The van der Waals surface area contributed by atoms with Crippen molar-refractivity contribution in [2.45, 2.75) is 20.3 Å². The molecule has 66 valence electrons. The van der Waals surface area contributed by atoms with Gasteiger partial charge in [0.15, 0.2) is 0 Å². The molecule has 1 rings (SSSR count). The summed E-state index contributed by atoms with van der Waals surface area (Å²) < 4.78 is 0. The fourth-order valence-corrected chi connectivity index (χ4v) is 1.12. The fraction of sp³-hybridized carbons (Fsp3) is 0.250. The van der Waals surface area contributed by atoms with E-state index >= 15 is 0 Å². The molecule has 0 bridgehead atoms. The summed E-state index contributed by atoms with van der Waals surface area (Å²) in [6, 6.07) is 8.37. The first-order valence-electron chi connectivity index (χ1n) is 4.35. The fourth-order valence-electron chi connectivity index (χ4n) is 1.12. The van der Waals surface area contributed by atoms with Gasteiger partial charge in [0.2, 0.25) is 0 Å². The average Bonchev–Trinajstić information content (AvgIpc) is 2.12. The maximum absolute atomic E-state index is 8.34. The van der Waals surface area contributed by atoms with Crippen molar-refractivity contribution in [1.82, 2.24) is 0 Å². The van der Waals surface area contributed by atoms with E-state index < -0.39 is 0 Å². The lowest BCUT2D eigenvalue weighted by Crippen LogP contribution is -1.80. The molecule has 0 atom stereocenters. The van der Waals surface area contributed by atoms with Crippen LogP contribution in [0.15, 0.2) is 24.3 Å². The van der Waals surface area contributed by atoms with E-state index in [-0.39, 0.29) is 0 Å². The second kappa shape index (κ2) is 4.47. The molecule has 0 amide bonds. The zero-order valence-electron chi connectivity index (χ0n) is 8.04. The van der Waals surface area contributed by atoms with E-state index in [4.69, 9.17) is 5.26 Å². The van der Waals surface area contributed by atoms with Crippen molar-refractivity contribution in [2.24, 2.45) is 0 Å². The molecular formula is C12H13N. The number of aryl methyl sites for hydroxylation is 2. The van der Waals surface area contributed by atoms with Gasteiger partial charge in [-0.25, -0.2) is 0 Å². The Bertz CT molecular complexity index is 356. The number of nitriles is 1. The van der Waals surface area contributed by atoms with E-state index in [0.717, 1.165) is 0 Å². The number of hydrogen-bond acceptors (Lipinski definition) is 1. The summed E-state index contributed by atoms with van der Waals surface area (Å²) in [7, 11) is 0. The van der Waals surface area contributed by atoms with Crippen LogP contribution in [-0.2, 0) is 0 Å². The predicted octanol–water partition coefficient (Wildman–Crippen LogP) is 3.23. The number of benzene rings is 1. The van der Waals surface area contributed by atoms with Crippen molar-refractivity contribution in [1.29, 1.82) is 5.26 Å². The lowest BCUT2D eigenvalue weighted by Gasteiger charge is -1.99. The molecule has 1 heteroatoms. The lowest BCUT2D eigenvalue weighted by molar-refractivity contribution is 1.33. The summed E-state index contributed by atoms with van der Waals surface area (Å²) in [6.07, 6.45) is 4.34. The lowest BCUT2D eigenvalue weighted by atomic mass is 10.1. The second-order valence-corrected chi connectivity index (χ2v) is 3.11. The Morgan fingerprint density at radius 1 is 1.31 bits per heavy atom. The molecule has 0 unspecified atom stereocenters. The van der Waals surface area contributed by atoms with E-state index in [9.17, 15) is 0 Å². The van der Waals surface area contributed by atoms with Gasteiger partial charge in [-0.05, 0) is 30.5 Å². The van der Waals surface area contributed by atoms with Gasteiger partial charge in [0, 0.05) is 0 Å². The van der Waals surface area contributed by atoms with Gasteiger partial charge in [-0.2, -0.15) is 5.26 Å². The van der Waals surface area contributed by atoms with Crippen LogP contribution in [0.25, 0.3) is 6.08 Å². The molecule has 1 aromatic carbocycles. The van der Waals surface area contributed by atoms with E-state index in [1.54, 1.807) is 0 Å². The van der Waals surface area contributed by atoms with Crippen LogP contribution in [0.5, 0.6) is 0 Å². The number of hydrogen-bond donors (Lipinski definition) is 0. The minimum atomic E-state index is 0.479. The normalized spacial score (nSPS) is 10.2. The molecule has 0 aliphatic carbocycles. The standard InChI is InChI=1S/C12H13N/c1-10-6-7-12(9-11(10)2)5-3-4-8-13/h3,5-7,9H,4H2,1-2H3. The first-order valence-corrected chi connectivity index (χ1v) is 4.35. The third kappa shape index (κ3) is 2.76. The third-order valence-corrected chi connectivity index (χ3v) is 2.05. The number of allylic oxidation sites excluding steroid dienone is 1. The van der Waals surface area contributed by atoms with Gasteiger partial charge in [-0.3, -0.25) is 0 Å². The molecule has 0 aliphatic heterocycles. The number of rotatable bonds is 2. The minimum Gasteiger partial charge on any atom is -0.198 e. The van der Waals surface area contributed by atoms with Crippen molar-refractivity contribution in [3.63, 3.8) is 0 Å². The van der Waals surface area contributed by atoms with Crippen LogP contribution in [0.4, 0.5) is 0 Å². The van der Waals surface area contributed by atoms with Crippen LogP contribution in [0.1, 0.15) is 23.1 Å². The molecular weight excluding hydrogens is 158 g/mol. The Balaban J connectivity index is 2.81. The summed E-state index contributed by atoms with van der Waals surface area (Å²) in [5, 5.41) is 8.34. The van der Waals surface area contributed by atoms with Crippen LogP contribution in [-0.4, -0.2) is 0 Å². The number of nitrogens with zero attached hydrogens (tertiary/aromatic N) is 1. The van der Waals surface area contributed by atoms with Gasteiger partial charge in [0.25, 0.3) is 0 Å². The largest absolute Gasteiger partial charge is 0.198 e. The Hall–Kier alpha value is -1.55. The van der Waals surface area contributed by atoms with E-state index in [0.29, 0.717) is 6.42 Å². The summed E-state index contributed by atoms with van der Waals surface area (Å²) in [5.74, 6) is 0. The topological polar surface area (TPSA) is 23.8 Å². The smallest absolute Gasteiger partial charge is 0.0663 e. The maximum atomic E-state index is 8.34. The maximum Gasteiger partial charge on any atom is 0.0663 e. The quantitative estimate of drug-likeness (QED) is 0.670. The molecule has 0 N–H and O–H groups in total. The monoisotopic (exact) mass is 171 g/mol. The SMILES string of the molecule is Cc1ccc(C=CCC#N)cc1C. The predicted molar refractivity (Wildman–Crippen MR) is 55.2 cm³/mol. The van der Waals surface area contributed by atoms with Crippen LogP contribution in [0.3, 0.4) is 0 Å². The molecule has 0 aliphatic rings. The Morgan fingerprint density at radius 2 is 2.08 bits per heavy atom. The molecule has 0 heterocycles.